The summed E-state index contributed by atoms with van der Waals surface area (Å²) in [6.07, 6.45) is 1.82. The van der Waals surface area contributed by atoms with Crippen molar-refractivity contribution < 1.29 is 4.99 Å². The molecule has 0 radical (unpaired) electrons. The summed E-state index contributed by atoms with van der Waals surface area (Å²) in [5, 5.41) is 3.15. The van der Waals surface area contributed by atoms with Crippen molar-refractivity contribution in [1.29, 1.82) is 0 Å². The summed E-state index contributed by atoms with van der Waals surface area (Å²) in [5.74, 6) is 0. The highest BCUT2D eigenvalue weighted by atomic mass is 14.9. The predicted molar refractivity (Wildman–Crippen MR) is 52.5 cm³/mol. The molecule has 0 aromatic heterocycles. The Morgan fingerprint density at radius 3 is 2.67 bits per heavy atom. The minimum atomic E-state index is 1.15. The quantitative estimate of drug-likeness (QED) is 0.480. The Morgan fingerprint density at radius 1 is 1.33 bits per heavy atom. The number of benzene rings is 1. The van der Waals surface area contributed by atoms with E-state index in [0.717, 1.165) is 5.69 Å². The van der Waals surface area contributed by atoms with Crippen LogP contribution in [-0.4, -0.2) is 13.4 Å². The molecule has 0 aliphatic heterocycles. The molecule has 0 saturated carbocycles. The maximum Gasteiger partial charge on any atom is 0.234 e. The van der Waals surface area contributed by atoms with E-state index in [2.05, 4.69) is 42.4 Å². The molecule has 0 atom stereocenters. The first-order valence-electron chi connectivity index (χ1n) is 4.07. The fourth-order valence-electron chi connectivity index (χ4n) is 1.13. The van der Waals surface area contributed by atoms with Crippen LogP contribution < -0.4 is 10.3 Å². The summed E-state index contributed by atoms with van der Waals surface area (Å²) in [6, 6.07) is 6.34. The lowest BCUT2D eigenvalue weighted by Gasteiger charge is -2.00. The summed E-state index contributed by atoms with van der Waals surface area (Å²) >= 11 is 0. The molecule has 0 aliphatic carbocycles. The molecule has 64 valence electrons. The number of aryl methyl sites for hydroxylation is 2. The third-order valence-electron chi connectivity index (χ3n) is 1.75. The van der Waals surface area contributed by atoms with Crippen molar-refractivity contribution >= 4 is 12.0 Å². The van der Waals surface area contributed by atoms with Crippen LogP contribution in [0.3, 0.4) is 0 Å². The second kappa shape index (κ2) is 3.90. The summed E-state index contributed by atoms with van der Waals surface area (Å²) < 4.78 is 0. The summed E-state index contributed by atoms with van der Waals surface area (Å²) in [7, 11) is 1.87. The molecule has 0 spiro atoms. The van der Waals surface area contributed by atoms with E-state index < -0.39 is 0 Å². The van der Waals surface area contributed by atoms with Crippen LogP contribution >= 0.6 is 0 Å². The SMILES string of the molecule is C[NH+]=CNc1ccc(C)cc1C. The van der Waals surface area contributed by atoms with Gasteiger partial charge in [-0.1, -0.05) is 17.7 Å². The van der Waals surface area contributed by atoms with Crippen molar-refractivity contribution in [2.45, 2.75) is 13.8 Å². The number of nitrogens with one attached hydrogen (secondary N) is 2. The topological polar surface area (TPSA) is 26.0 Å². The van der Waals surface area contributed by atoms with E-state index in [4.69, 9.17) is 0 Å². The predicted octanol–water partition coefficient (Wildman–Crippen LogP) is 0.454. The molecule has 2 nitrogen and oxygen atoms in total. The monoisotopic (exact) mass is 163 g/mol. The van der Waals surface area contributed by atoms with Gasteiger partial charge in [-0.25, -0.2) is 5.32 Å². The Balaban J connectivity index is 2.86. The average molecular weight is 163 g/mol. The van der Waals surface area contributed by atoms with Crippen molar-refractivity contribution in [1.82, 2.24) is 0 Å². The van der Waals surface area contributed by atoms with Gasteiger partial charge in [0.05, 0.1) is 7.05 Å². The molecular formula is C10H15N2+. The normalized spacial score (nSPS) is 10.6. The molecule has 0 fully saturated rings. The van der Waals surface area contributed by atoms with Crippen LogP contribution in [0.1, 0.15) is 11.1 Å². The van der Waals surface area contributed by atoms with E-state index >= 15 is 0 Å². The number of anilines is 1. The van der Waals surface area contributed by atoms with Crippen LogP contribution in [0, 0.1) is 13.8 Å². The van der Waals surface area contributed by atoms with Gasteiger partial charge in [-0.3, -0.25) is 4.99 Å². The van der Waals surface area contributed by atoms with Gasteiger partial charge in [-0.2, -0.15) is 0 Å². The highest BCUT2D eigenvalue weighted by molar-refractivity contribution is 5.73. The summed E-state index contributed by atoms with van der Waals surface area (Å²) in [4.78, 5) is 2.92. The van der Waals surface area contributed by atoms with Crippen molar-refractivity contribution in [2.75, 3.05) is 12.4 Å². The van der Waals surface area contributed by atoms with Crippen LogP contribution in [0.25, 0.3) is 0 Å². The number of hydrogen-bond donors (Lipinski definition) is 2. The third-order valence-corrected chi connectivity index (χ3v) is 1.75. The average Bonchev–Trinajstić information content (AvgIpc) is 2.03. The van der Waals surface area contributed by atoms with Crippen molar-refractivity contribution in [3.05, 3.63) is 29.3 Å². The molecule has 1 aromatic carbocycles. The summed E-state index contributed by atoms with van der Waals surface area (Å²) in [5.41, 5.74) is 3.71. The minimum Gasteiger partial charge on any atom is -0.284 e. The molecule has 0 amide bonds. The standard InChI is InChI=1S/C10H14N2/c1-8-4-5-10(9(2)6-8)12-7-11-3/h4-7H,1-3H3,(H,11,12)/p+1. The maximum atomic E-state index is 3.15. The molecule has 0 heterocycles. The van der Waals surface area contributed by atoms with Gasteiger partial charge in [0.2, 0.25) is 6.34 Å². The second-order valence-electron chi connectivity index (χ2n) is 2.90. The van der Waals surface area contributed by atoms with Crippen LogP contribution in [-0.2, 0) is 0 Å². The van der Waals surface area contributed by atoms with Crippen LogP contribution in [0.15, 0.2) is 18.2 Å². The highest BCUT2D eigenvalue weighted by Crippen LogP contribution is 2.14. The first-order chi connectivity index (χ1) is 5.74. The molecule has 0 bridgehead atoms. The van der Waals surface area contributed by atoms with Crippen molar-refractivity contribution in [2.24, 2.45) is 0 Å². The molecule has 12 heavy (non-hydrogen) atoms. The minimum absolute atomic E-state index is 1.15. The van der Waals surface area contributed by atoms with E-state index in [0.29, 0.717) is 0 Å². The van der Waals surface area contributed by atoms with Gasteiger partial charge in [0, 0.05) is 0 Å². The zero-order valence-electron chi connectivity index (χ0n) is 7.81. The van der Waals surface area contributed by atoms with Gasteiger partial charge >= 0.3 is 0 Å². The van der Waals surface area contributed by atoms with E-state index in [1.54, 1.807) is 0 Å². The molecule has 2 heteroatoms. The molecule has 0 unspecified atom stereocenters. The van der Waals surface area contributed by atoms with Gasteiger partial charge < -0.3 is 0 Å². The Hall–Kier alpha value is -1.31. The first-order valence-corrected chi connectivity index (χ1v) is 4.07. The second-order valence-corrected chi connectivity index (χ2v) is 2.90. The summed E-state index contributed by atoms with van der Waals surface area (Å²) in [6.45, 7) is 4.19. The highest BCUT2D eigenvalue weighted by Gasteiger charge is 1.98. The van der Waals surface area contributed by atoms with Gasteiger partial charge in [-0.15, -0.1) is 0 Å². The zero-order chi connectivity index (χ0) is 8.97. The van der Waals surface area contributed by atoms with E-state index in [-0.39, 0.29) is 0 Å². The van der Waals surface area contributed by atoms with Crippen LogP contribution in [0.5, 0.6) is 0 Å². The fraction of sp³-hybridized carbons (Fsp3) is 0.300. The Labute approximate surface area is 73.3 Å². The number of rotatable bonds is 2. The van der Waals surface area contributed by atoms with Crippen LogP contribution in [0.4, 0.5) is 5.69 Å². The Kier molecular flexibility index (Phi) is 2.86. The third kappa shape index (κ3) is 2.09. The number of hydrogen-bond acceptors (Lipinski definition) is 0. The van der Waals surface area contributed by atoms with Gasteiger partial charge in [0.1, 0.15) is 5.69 Å². The van der Waals surface area contributed by atoms with E-state index in [1.807, 2.05) is 13.4 Å². The Bertz CT molecular complexity index is 290. The maximum absolute atomic E-state index is 3.15. The molecule has 2 N–H and O–H groups in total. The lowest BCUT2D eigenvalue weighted by Crippen LogP contribution is -2.64. The van der Waals surface area contributed by atoms with Crippen molar-refractivity contribution in [3.63, 3.8) is 0 Å². The van der Waals surface area contributed by atoms with Crippen molar-refractivity contribution in [3.8, 4) is 0 Å². The van der Waals surface area contributed by atoms with E-state index in [1.165, 1.54) is 11.1 Å². The Morgan fingerprint density at radius 2 is 2.08 bits per heavy atom. The van der Waals surface area contributed by atoms with Gasteiger partial charge in [0.25, 0.3) is 0 Å². The van der Waals surface area contributed by atoms with E-state index in [9.17, 15) is 0 Å². The van der Waals surface area contributed by atoms with Gasteiger partial charge in [0.15, 0.2) is 0 Å². The lowest BCUT2D eigenvalue weighted by molar-refractivity contribution is -0.414. The molecule has 1 rings (SSSR count). The fourth-order valence-corrected chi connectivity index (χ4v) is 1.13. The smallest absolute Gasteiger partial charge is 0.234 e. The van der Waals surface area contributed by atoms with Gasteiger partial charge in [-0.05, 0) is 25.5 Å². The lowest BCUT2D eigenvalue weighted by atomic mass is 10.1. The zero-order valence-corrected chi connectivity index (χ0v) is 7.81. The van der Waals surface area contributed by atoms with Crippen LogP contribution in [0.2, 0.25) is 0 Å². The largest absolute Gasteiger partial charge is 0.284 e. The molecule has 0 saturated heterocycles. The molecular weight excluding hydrogens is 148 g/mol. The first kappa shape index (κ1) is 8.78. The molecule has 1 aromatic rings. The molecule has 0 aliphatic rings.